The van der Waals surface area contributed by atoms with Gasteiger partial charge in [0.05, 0.1) is 6.54 Å². The van der Waals surface area contributed by atoms with Crippen LogP contribution >= 0.6 is 12.2 Å². The number of piperazine rings is 1. The summed E-state index contributed by atoms with van der Waals surface area (Å²) in [5, 5.41) is 4.07. The normalized spacial score (nSPS) is 15.5. The summed E-state index contributed by atoms with van der Waals surface area (Å²) in [6.45, 7) is 8.26. The molecule has 1 aliphatic rings. The van der Waals surface area contributed by atoms with E-state index in [2.05, 4.69) is 53.2 Å². The first-order chi connectivity index (χ1) is 11.4. The van der Waals surface area contributed by atoms with Crippen LogP contribution in [0.4, 0.5) is 5.69 Å². The number of hydrogen-bond donors (Lipinski definition) is 1. The monoisotopic (exact) mass is 348 g/mol. The summed E-state index contributed by atoms with van der Waals surface area (Å²) in [6.07, 6.45) is 0. The van der Waals surface area contributed by atoms with Gasteiger partial charge in [-0.3, -0.25) is 9.69 Å². The highest BCUT2D eigenvalue weighted by Crippen LogP contribution is 2.17. The number of anilines is 1. The Morgan fingerprint density at radius 3 is 2.25 bits per heavy atom. The Hall–Kier alpha value is -1.66. The van der Waals surface area contributed by atoms with Crippen molar-refractivity contribution in [1.29, 1.82) is 0 Å². The van der Waals surface area contributed by atoms with Crippen LogP contribution in [-0.4, -0.2) is 72.5 Å². The molecule has 0 bridgehead atoms. The van der Waals surface area contributed by atoms with Crippen LogP contribution in [0.15, 0.2) is 24.3 Å². The second-order valence-corrected chi connectivity index (χ2v) is 7.14. The van der Waals surface area contributed by atoms with Gasteiger partial charge in [-0.05, 0) is 35.8 Å². The van der Waals surface area contributed by atoms with Gasteiger partial charge in [-0.2, -0.15) is 0 Å². The van der Waals surface area contributed by atoms with Gasteiger partial charge in [-0.25, -0.2) is 0 Å². The van der Waals surface area contributed by atoms with Crippen LogP contribution in [-0.2, 0) is 4.79 Å². The quantitative estimate of drug-likeness (QED) is 0.845. The van der Waals surface area contributed by atoms with Gasteiger partial charge in [0.15, 0.2) is 5.11 Å². The first-order valence-corrected chi connectivity index (χ1v) is 8.86. The molecule has 0 aliphatic carbocycles. The fourth-order valence-electron chi connectivity index (χ4n) is 2.60. The number of carbonyl (C=O) groups excluding carboxylic acids is 1. The molecule has 0 atom stereocenters. The van der Waals surface area contributed by atoms with Crippen LogP contribution in [0.5, 0.6) is 0 Å². The van der Waals surface area contributed by atoms with E-state index in [1.165, 1.54) is 5.56 Å². The van der Waals surface area contributed by atoms with Crippen LogP contribution in [0, 0.1) is 0 Å². The van der Waals surface area contributed by atoms with Crippen molar-refractivity contribution < 1.29 is 4.79 Å². The molecule has 1 aromatic rings. The average molecular weight is 349 g/mol. The largest absolute Gasteiger partial charge is 0.348 e. The Bertz CT molecular complexity index is 563. The highest BCUT2D eigenvalue weighted by atomic mass is 32.1. The summed E-state index contributed by atoms with van der Waals surface area (Å²) >= 11 is 5.53. The Balaban J connectivity index is 1.81. The third kappa shape index (κ3) is 5.18. The number of carbonyl (C=O) groups is 1. The summed E-state index contributed by atoms with van der Waals surface area (Å²) in [6, 6.07) is 8.43. The van der Waals surface area contributed by atoms with Crippen molar-refractivity contribution in [3.05, 3.63) is 29.8 Å². The van der Waals surface area contributed by atoms with E-state index < -0.39 is 0 Å². The van der Waals surface area contributed by atoms with E-state index in [-0.39, 0.29) is 5.91 Å². The summed E-state index contributed by atoms with van der Waals surface area (Å²) in [4.78, 5) is 17.8. The molecule has 0 saturated carbocycles. The number of likely N-dealkylation sites (N-methyl/N-ethyl adjacent to an activating group) is 1. The van der Waals surface area contributed by atoms with Crippen molar-refractivity contribution in [3.63, 3.8) is 0 Å². The van der Waals surface area contributed by atoms with Gasteiger partial charge in [0, 0.05) is 46.0 Å². The van der Waals surface area contributed by atoms with Crippen LogP contribution in [0.1, 0.15) is 25.3 Å². The number of nitrogens with zero attached hydrogens (tertiary/aromatic N) is 3. The predicted octanol–water partition coefficient (Wildman–Crippen LogP) is 2.21. The Labute approximate surface area is 150 Å². The molecule has 0 aromatic heterocycles. The lowest BCUT2D eigenvalue weighted by molar-refractivity contribution is -0.130. The third-order valence-electron chi connectivity index (χ3n) is 4.35. The second-order valence-electron chi connectivity index (χ2n) is 6.76. The molecule has 1 fully saturated rings. The topological polar surface area (TPSA) is 38.8 Å². The van der Waals surface area contributed by atoms with Crippen LogP contribution < -0.4 is 5.32 Å². The standard InChI is InChI=1S/C18H28N4OS/c1-14(2)15-5-7-16(8-6-15)19-18(24)22-11-9-21(10-12-22)13-17(23)20(3)4/h5-8,14H,9-13H2,1-4H3,(H,19,24). The molecule has 6 heteroatoms. The zero-order chi connectivity index (χ0) is 17.7. The fourth-order valence-corrected chi connectivity index (χ4v) is 2.90. The molecular formula is C18H28N4OS. The van der Waals surface area contributed by atoms with E-state index in [9.17, 15) is 4.79 Å². The fraction of sp³-hybridized carbons (Fsp3) is 0.556. The lowest BCUT2D eigenvalue weighted by Gasteiger charge is -2.36. The molecule has 0 spiro atoms. The van der Waals surface area contributed by atoms with Gasteiger partial charge in [-0.15, -0.1) is 0 Å². The summed E-state index contributed by atoms with van der Waals surface area (Å²) in [5.74, 6) is 0.679. The van der Waals surface area contributed by atoms with Crippen molar-refractivity contribution in [2.75, 3.05) is 52.1 Å². The molecular weight excluding hydrogens is 320 g/mol. The number of benzene rings is 1. The SMILES string of the molecule is CC(C)c1ccc(NC(=S)N2CCN(CC(=O)N(C)C)CC2)cc1. The van der Waals surface area contributed by atoms with Crippen molar-refractivity contribution in [2.45, 2.75) is 19.8 Å². The molecule has 132 valence electrons. The van der Waals surface area contributed by atoms with E-state index >= 15 is 0 Å². The minimum absolute atomic E-state index is 0.148. The summed E-state index contributed by atoms with van der Waals surface area (Å²) in [7, 11) is 3.59. The number of nitrogens with one attached hydrogen (secondary N) is 1. The molecule has 5 nitrogen and oxygen atoms in total. The number of rotatable bonds is 4. The number of hydrogen-bond acceptors (Lipinski definition) is 3. The first-order valence-electron chi connectivity index (χ1n) is 8.45. The molecule has 0 unspecified atom stereocenters. The van der Waals surface area contributed by atoms with Gasteiger partial charge < -0.3 is 15.1 Å². The van der Waals surface area contributed by atoms with Crippen LogP contribution in [0.25, 0.3) is 0 Å². The second kappa shape index (κ2) is 8.44. The van der Waals surface area contributed by atoms with Gasteiger partial charge in [0.1, 0.15) is 0 Å². The maximum Gasteiger partial charge on any atom is 0.236 e. The van der Waals surface area contributed by atoms with Gasteiger partial charge >= 0.3 is 0 Å². The van der Waals surface area contributed by atoms with E-state index in [1.807, 2.05) is 0 Å². The van der Waals surface area contributed by atoms with E-state index in [4.69, 9.17) is 12.2 Å². The zero-order valence-corrected chi connectivity index (χ0v) is 15.9. The molecule has 1 aromatic carbocycles. The Morgan fingerprint density at radius 1 is 1.17 bits per heavy atom. The minimum atomic E-state index is 0.148. The number of thiocarbonyl (C=S) groups is 1. The first kappa shape index (κ1) is 18.7. The highest BCUT2D eigenvalue weighted by Gasteiger charge is 2.21. The maximum absolute atomic E-state index is 11.8. The third-order valence-corrected chi connectivity index (χ3v) is 4.71. The predicted molar refractivity (Wildman–Crippen MR) is 103 cm³/mol. The number of amides is 1. The molecule has 0 radical (unpaired) electrons. The van der Waals surface area contributed by atoms with E-state index in [0.717, 1.165) is 37.0 Å². The average Bonchev–Trinajstić information content (AvgIpc) is 2.55. The molecule has 1 N–H and O–H groups in total. The highest BCUT2D eigenvalue weighted by molar-refractivity contribution is 7.80. The molecule has 1 amide bonds. The van der Waals surface area contributed by atoms with Crippen molar-refractivity contribution in [3.8, 4) is 0 Å². The lowest BCUT2D eigenvalue weighted by Crippen LogP contribution is -2.51. The van der Waals surface area contributed by atoms with Gasteiger partial charge in [0.2, 0.25) is 5.91 Å². The van der Waals surface area contributed by atoms with E-state index in [1.54, 1.807) is 19.0 Å². The molecule has 1 heterocycles. The zero-order valence-electron chi connectivity index (χ0n) is 15.1. The smallest absolute Gasteiger partial charge is 0.236 e. The van der Waals surface area contributed by atoms with Crippen LogP contribution in [0.3, 0.4) is 0 Å². The minimum Gasteiger partial charge on any atom is -0.348 e. The van der Waals surface area contributed by atoms with Crippen LogP contribution in [0.2, 0.25) is 0 Å². The van der Waals surface area contributed by atoms with Crippen molar-refractivity contribution in [1.82, 2.24) is 14.7 Å². The van der Waals surface area contributed by atoms with Gasteiger partial charge in [-0.1, -0.05) is 26.0 Å². The summed E-state index contributed by atoms with van der Waals surface area (Å²) in [5.41, 5.74) is 2.35. The van der Waals surface area contributed by atoms with Crippen molar-refractivity contribution >= 4 is 28.9 Å². The Morgan fingerprint density at radius 2 is 1.75 bits per heavy atom. The lowest BCUT2D eigenvalue weighted by atomic mass is 10.0. The molecule has 1 saturated heterocycles. The molecule has 2 rings (SSSR count). The summed E-state index contributed by atoms with van der Waals surface area (Å²) < 4.78 is 0. The molecule has 1 aliphatic heterocycles. The van der Waals surface area contributed by atoms with E-state index in [0.29, 0.717) is 12.5 Å². The van der Waals surface area contributed by atoms with Crippen molar-refractivity contribution in [2.24, 2.45) is 0 Å². The molecule has 24 heavy (non-hydrogen) atoms. The van der Waals surface area contributed by atoms with Gasteiger partial charge in [0.25, 0.3) is 0 Å². The Kier molecular flexibility index (Phi) is 6.57. The maximum atomic E-state index is 11.8.